The number of aryl methyl sites for hydroxylation is 1. The van der Waals surface area contributed by atoms with E-state index in [0.717, 1.165) is 17.5 Å². The molecule has 1 saturated carbocycles. The molecule has 0 radical (unpaired) electrons. The smallest absolute Gasteiger partial charge is 0.324 e. The number of nitrogens with zero attached hydrogens (tertiary/aromatic N) is 4. The van der Waals surface area contributed by atoms with E-state index in [0.29, 0.717) is 17.1 Å². The Bertz CT molecular complexity index is 1180. The first-order chi connectivity index (χ1) is 15.1. The van der Waals surface area contributed by atoms with E-state index >= 15 is 0 Å². The van der Waals surface area contributed by atoms with Crippen molar-refractivity contribution in [2.45, 2.75) is 31.5 Å². The molecule has 0 bridgehead atoms. The molecular formula is C20H18BrF3N6O2. The van der Waals surface area contributed by atoms with Gasteiger partial charge in [-0.3, -0.25) is 19.0 Å². The maximum Gasteiger partial charge on any atom is 0.436 e. The number of aromatic nitrogens is 4. The normalized spacial score (nSPS) is 13.8. The third-order valence-corrected chi connectivity index (χ3v) is 5.59. The molecule has 12 heteroatoms. The van der Waals surface area contributed by atoms with Gasteiger partial charge < -0.3 is 10.6 Å². The molecule has 0 saturated heterocycles. The molecule has 2 N–H and O–H groups in total. The van der Waals surface area contributed by atoms with Crippen molar-refractivity contribution in [3.05, 3.63) is 58.1 Å². The van der Waals surface area contributed by atoms with Crippen molar-refractivity contribution in [1.82, 2.24) is 19.6 Å². The van der Waals surface area contributed by atoms with Gasteiger partial charge in [0.2, 0.25) is 5.91 Å². The summed E-state index contributed by atoms with van der Waals surface area (Å²) >= 11 is 3.01. The predicted octanol–water partition coefficient (Wildman–Crippen LogP) is 4.17. The van der Waals surface area contributed by atoms with Crippen LogP contribution >= 0.6 is 15.9 Å². The van der Waals surface area contributed by atoms with Crippen LogP contribution in [0.15, 0.2) is 41.0 Å². The first kappa shape index (κ1) is 22.1. The summed E-state index contributed by atoms with van der Waals surface area (Å²) in [6, 6.07) is 7.99. The van der Waals surface area contributed by atoms with Crippen molar-refractivity contribution in [2.24, 2.45) is 7.05 Å². The lowest BCUT2D eigenvalue weighted by atomic mass is 10.2. The van der Waals surface area contributed by atoms with Gasteiger partial charge in [0, 0.05) is 30.5 Å². The fourth-order valence-electron chi connectivity index (χ4n) is 3.24. The van der Waals surface area contributed by atoms with E-state index in [1.165, 1.54) is 4.68 Å². The number of halogens is 4. The lowest BCUT2D eigenvalue weighted by Gasteiger charge is -2.10. The molecule has 4 rings (SSSR count). The molecule has 2 aromatic heterocycles. The second-order valence-electron chi connectivity index (χ2n) is 7.44. The lowest BCUT2D eigenvalue weighted by molar-refractivity contribution is -0.142. The van der Waals surface area contributed by atoms with E-state index in [4.69, 9.17) is 0 Å². The summed E-state index contributed by atoms with van der Waals surface area (Å²) in [5, 5.41) is 13.0. The van der Waals surface area contributed by atoms with Crippen LogP contribution in [-0.2, 0) is 24.6 Å². The molecule has 1 aliphatic rings. The van der Waals surface area contributed by atoms with E-state index in [-0.39, 0.29) is 22.6 Å². The highest BCUT2D eigenvalue weighted by molar-refractivity contribution is 9.10. The predicted molar refractivity (Wildman–Crippen MR) is 113 cm³/mol. The van der Waals surface area contributed by atoms with Gasteiger partial charge in [0.15, 0.2) is 11.4 Å². The Morgan fingerprint density at radius 3 is 2.44 bits per heavy atom. The number of hydrogen-bond donors (Lipinski definition) is 2. The number of benzene rings is 1. The summed E-state index contributed by atoms with van der Waals surface area (Å²) < 4.78 is 42.2. The van der Waals surface area contributed by atoms with Crippen molar-refractivity contribution in [3.63, 3.8) is 0 Å². The minimum Gasteiger partial charge on any atom is -0.324 e. The highest BCUT2D eigenvalue weighted by Crippen LogP contribution is 2.46. The van der Waals surface area contributed by atoms with Crippen LogP contribution in [0.25, 0.3) is 0 Å². The first-order valence-corrected chi connectivity index (χ1v) is 10.5. The Morgan fingerprint density at radius 2 is 1.84 bits per heavy atom. The Labute approximate surface area is 188 Å². The molecule has 0 unspecified atom stereocenters. The van der Waals surface area contributed by atoms with Crippen LogP contribution < -0.4 is 10.6 Å². The van der Waals surface area contributed by atoms with Gasteiger partial charge in [-0.05, 0) is 53.0 Å². The molecular weight excluding hydrogens is 493 g/mol. The summed E-state index contributed by atoms with van der Waals surface area (Å²) in [5.41, 5.74) is 0.386. The van der Waals surface area contributed by atoms with Crippen LogP contribution in [0.2, 0.25) is 0 Å². The number of amides is 2. The second-order valence-corrected chi connectivity index (χ2v) is 8.23. The average molecular weight is 511 g/mol. The molecule has 32 heavy (non-hydrogen) atoms. The van der Waals surface area contributed by atoms with Crippen LogP contribution in [0, 0.1) is 0 Å². The van der Waals surface area contributed by atoms with Gasteiger partial charge in [-0.1, -0.05) is 6.07 Å². The average Bonchev–Trinajstić information content (AvgIpc) is 3.34. The van der Waals surface area contributed by atoms with E-state index in [9.17, 15) is 22.8 Å². The van der Waals surface area contributed by atoms with E-state index in [2.05, 4.69) is 36.8 Å². The molecule has 8 nitrogen and oxygen atoms in total. The third-order valence-electron chi connectivity index (χ3n) is 4.81. The van der Waals surface area contributed by atoms with Gasteiger partial charge in [0.25, 0.3) is 5.91 Å². The van der Waals surface area contributed by atoms with Crippen molar-refractivity contribution in [3.8, 4) is 0 Å². The number of rotatable bonds is 6. The third kappa shape index (κ3) is 4.85. The Morgan fingerprint density at radius 1 is 1.16 bits per heavy atom. The summed E-state index contributed by atoms with van der Waals surface area (Å²) in [6.45, 7) is -0.370. The van der Waals surface area contributed by atoms with Crippen molar-refractivity contribution < 1.29 is 22.8 Å². The number of hydrogen-bond acceptors (Lipinski definition) is 4. The standard InChI is InChI=1S/C20H18BrF3N6O2/c1-29-8-7-14(27-29)19(32)26-13-4-2-3-12(9-13)25-15(31)10-30-17(11-5-6-11)16(21)18(28-30)20(22,23)24/h2-4,7-9,11H,5-6,10H2,1H3,(H,25,31)(H,26,32). The molecule has 2 heterocycles. The van der Waals surface area contributed by atoms with Crippen LogP contribution in [0.5, 0.6) is 0 Å². The van der Waals surface area contributed by atoms with E-state index < -0.39 is 23.7 Å². The highest BCUT2D eigenvalue weighted by atomic mass is 79.9. The summed E-state index contributed by atoms with van der Waals surface area (Å²) in [7, 11) is 1.69. The lowest BCUT2D eigenvalue weighted by Crippen LogP contribution is -2.21. The Kier molecular flexibility index (Phi) is 5.80. The van der Waals surface area contributed by atoms with Crippen LogP contribution in [0.4, 0.5) is 24.5 Å². The zero-order valence-corrected chi connectivity index (χ0v) is 18.4. The zero-order valence-electron chi connectivity index (χ0n) is 16.8. The highest BCUT2D eigenvalue weighted by Gasteiger charge is 2.41. The molecule has 3 aromatic rings. The topological polar surface area (TPSA) is 93.8 Å². The van der Waals surface area contributed by atoms with E-state index in [1.54, 1.807) is 43.6 Å². The number of carbonyl (C=O) groups is 2. The number of alkyl halides is 3. The van der Waals surface area contributed by atoms with Crippen molar-refractivity contribution in [1.29, 1.82) is 0 Å². The minimum absolute atomic E-state index is 0.0501. The minimum atomic E-state index is -4.62. The van der Waals surface area contributed by atoms with Gasteiger partial charge in [0.1, 0.15) is 6.54 Å². The Hall–Kier alpha value is -3.15. The molecule has 1 aromatic carbocycles. The van der Waals surface area contributed by atoms with Crippen LogP contribution in [-0.4, -0.2) is 31.4 Å². The number of nitrogens with one attached hydrogen (secondary N) is 2. The molecule has 168 valence electrons. The SMILES string of the molecule is Cn1ccc(C(=O)Nc2cccc(NC(=O)Cn3nc(C(F)(F)F)c(Br)c3C3CC3)c2)n1. The van der Waals surface area contributed by atoms with Gasteiger partial charge >= 0.3 is 6.18 Å². The van der Waals surface area contributed by atoms with Gasteiger partial charge in [-0.2, -0.15) is 23.4 Å². The monoisotopic (exact) mass is 510 g/mol. The van der Waals surface area contributed by atoms with Crippen LogP contribution in [0.1, 0.15) is 40.6 Å². The maximum atomic E-state index is 13.2. The summed E-state index contributed by atoms with van der Waals surface area (Å²) in [4.78, 5) is 24.8. The van der Waals surface area contributed by atoms with Crippen molar-refractivity contribution in [2.75, 3.05) is 10.6 Å². The fourth-order valence-corrected chi connectivity index (χ4v) is 4.08. The molecule has 1 aliphatic carbocycles. The quantitative estimate of drug-likeness (QED) is 0.520. The van der Waals surface area contributed by atoms with Crippen molar-refractivity contribution >= 4 is 39.1 Å². The molecule has 0 atom stereocenters. The summed E-state index contributed by atoms with van der Waals surface area (Å²) in [5.74, 6) is -1.00. The largest absolute Gasteiger partial charge is 0.436 e. The zero-order chi connectivity index (χ0) is 23.0. The Balaban J connectivity index is 1.46. The van der Waals surface area contributed by atoms with Crippen LogP contribution in [0.3, 0.4) is 0 Å². The second kappa shape index (κ2) is 8.41. The first-order valence-electron chi connectivity index (χ1n) is 9.66. The molecule has 1 fully saturated rings. The summed E-state index contributed by atoms with van der Waals surface area (Å²) in [6.07, 6.45) is -1.48. The molecule has 2 amide bonds. The molecule has 0 spiro atoms. The number of carbonyl (C=O) groups excluding carboxylic acids is 2. The number of anilines is 2. The van der Waals surface area contributed by atoms with Gasteiger partial charge in [0.05, 0.1) is 10.2 Å². The molecule has 0 aliphatic heterocycles. The van der Waals surface area contributed by atoms with E-state index in [1.807, 2.05) is 0 Å². The maximum absolute atomic E-state index is 13.2. The van der Waals surface area contributed by atoms with Gasteiger partial charge in [-0.15, -0.1) is 0 Å². The van der Waals surface area contributed by atoms with Gasteiger partial charge in [-0.25, -0.2) is 0 Å². The fraction of sp³-hybridized carbons (Fsp3) is 0.300.